The highest BCUT2D eigenvalue weighted by atomic mass is 16.5. The van der Waals surface area contributed by atoms with E-state index in [2.05, 4.69) is 31.4 Å². The molecule has 0 aliphatic heterocycles. The second-order valence-corrected chi connectivity index (χ2v) is 9.14. The lowest BCUT2D eigenvalue weighted by Crippen LogP contribution is -2.41. The largest absolute Gasteiger partial charge is 0.497 e. The molecule has 0 fully saturated rings. The van der Waals surface area contributed by atoms with Gasteiger partial charge in [-0.05, 0) is 74.7 Å². The van der Waals surface area contributed by atoms with Gasteiger partial charge in [0.15, 0.2) is 0 Å². The number of methoxy groups -OCH3 is 1. The lowest BCUT2D eigenvalue weighted by molar-refractivity contribution is 0.0628. The van der Waals surface area contributed by atoms with Gasteiger partial charge in [-0.2, -0.15) is 0 Å². The van der Waals surface area contributed by atoms with Crippen LogP contribution in [-0.4, -0.2) is 50.1 Å². The van der Waals surface area contributed by atoms with Crippen molar-refractivity contribution in [3.63, 3.8) is 0 Å². The predicted molar refractivity (Wildman–Crippen MR) is 135 cm³/mol. The summed E-state index contributed by atoms with van der Waals surface area (Å²) in [7, 11) is 5.55. The van der Waals surface area contributed by atoms with Gasteiger partial charge in [0.2, 0.25) is 0 Å². The molecule has 180 valence electrons. The van der Waals surface area contributed by atoms with E-state index < -0.39 is 0 Å². The number of nitrogens with one attached hydrogen (secondary N) is 2. The molecule has 0 saturated heterocycles. The summed E-state index contributed by atoms with van der Waals surface area (Å²) >= 11 is 0. The molecule has 0 aromatic heterocycles. The summed E-state index contributed by atoms with van der Waals surface area (Å²) in [6.07, 6.45) is 0. The van der Waals surface area contributed by atoms with Crippen molar-refractivity contribution in [3.05, 3.63) is 53.6 Å². The number of nitrogens with zero attached hydrogens (tertiary/aromatic N) is 2. The number of hydrogen-bond acceptors (Lipinski definition) is 4. The molecule has 33 heavy (non-hydrogen) atoms. The van der Waals surface area contributed by atoms with Crippen LogP contribution in [0.1, 0.15) is 50.5 Å². The smallest absolute Gasteiger partial charge is 0.319 e. The molecule has 7 heteroatoms. The van der Waals surface area contributed by atoms with Crippen molar-refractivity contribution in [2.75, 3.05) is 31.4 Å². The van der Waals surface area contributed by atoms with Crippen molar-refractivity contribution in [2.24, 2.45) is 5.92 Å². The molecule has 2 N–H and O–H groups in total. The van der Waals surface area contributed by atoms with Crippen LogP contribution < -0.4 is 20.3 Å². The number of carbonyl (C=O) groups excluding carboxylic acids is 2. The maximum absolute atomic E-state index is 13.6. The van der Waals surface area contributed by atoms with Gasteiger partial charge in [-0.25, -0.2) is 4.79 Å². The zero-order chi connectivity index (χ0) is 24.7. The lowest BCUT2D eigenvalue weighted by atomic mass is 10.0. The van der Waals surface area contributed by atoms with Crippen LogP contribution in [0.3, 0.4) is 0 Å². The Morgan fingerprint density at radius 3 is 2.12 bits per heavy atom. The number of urea groups is 1. The minimum Gasteiger partial charge on any atom is -0.497 e. The number of rotatable bonds is 9. The average molecular weight is 455 g/mol. The van der Waals surface area contributed by atoms with E-state index in [0.29, 0.717) is 23.5 Å². The molecule has 3 amide bonds. The highest BCUT2D eigenvalue weighted by Crippen LogP contribution is 2.27. The first-order chi connectivity index (χ1) is 15.5. The molecule has 0 bridgehead atoms. The van der Waals surface area contributed by atoms with Crippen molar-refractivity contribution in [1.82, 2.24) is 10.2 Å². The molecule has 0 heterocycles. The van der Waals surface area contributed by atoms with Crippen molar-refractivity contribution >= 4 is 23.3 Å². The van der Waals surface area contributed by atoms with E-state index in [9.17, 15) is 9.59 Å². The summed E-state index contributed by atoms with van der Waals surface area (Å²) in [5.74, 6) is 0.941. The third kappa shape index (κ3) is 7.14. The van der Waals surface area contributed by atoms with E-state index >= 15 is 0 Å². The van der Waals surface area contributed by atoms with Crippen LogP contribution in [0, 0.1) is 5.92 Å². The Hall–Kier alpha value is -3.22. The molecule has 2 aromatic rings. The van der Waals surface area contributed by atoms with Gasteiger partial charge >= 0.3 is 6.03 Å². The molecule has 0 aliphatic rings. The third-order valence-corrected chi connectivity index (χ3v) is 5.63. The first kappa shape index (κ1) is 26.0. The molecule has 2 aromatic carbocycles. The fraction of sp³-hybridized carbons (Fsp3) is 0.462. The predicted octanol–water partition coefficient (Wildman–Crippen LogP) is 4.98. The summed E-state index contributed by atoms with van der Waals surface area (Å²) in [6.45, 7) is 10.5. The molecule has 1 atom stereocenters. The fourth-order valence-corrected chi connectivity index (χ4v) is 3.50. The number of ether oxygens (including phenoxy) is 1. The number of benzene rings is 2. The molecule has 0 spiro atoms. The molecule has 0 saturated carbocycles. The standard InChI is InChI=1S/C26H38N4O3/c1-17(2)19(5)30(25(31)20-9-12-23(33-8)13-10-20)16-21-15-22(11-14-24(21)29(6)7)28-26(32)27-18(3)4/h9-15,17-19H,16H2,1-8H3,(H2,27,28,32). The van der Waals surface area contributed by atoms with Gasteiger partial charge < -0.3 is 25.2 Å². The normalized spacial score (nSPS) is 11.8. The minimum absolute atomic E-state index is 0.00969. The van der Waals surface area contributed by atoms with Crippen LogP contribution in [-0.2, 0) is 6.54 Å². The molecule has 0 aliphatic carbocycles. The number of carbonyl (C=O) groups is 2. The van der Waals surface area contributed by atoms with Crippen LogP contribution >= 0.6 is 0 Å². The fourth-order valence-electron chi connectivity index (χ4n) is 3.50. The number of anilines is 2. The monoisotopic (exact) mass is 454 g/mol. The second-order valence-electron chi connectivity index (χ2n) is 9.14. The SMILES string of the molecule is COc1ccc(C(=O)N(Cc2cc(NC(=O)NC(C)C)ccc2N(C)C)C(C)C(C)C)cc1. The van der Waals surface area contributed by atoms with E-state index in [1.54, 1.807) is 31.4 Å². The molecule has 0 radical (unpaired) electrons. The van der Waals surface area contributed by atoms with Crippen LogP contribution in [0.2, 0.25) is 0 Å². The van der Waals surface area contributed by atoms with Gasteiger partial charge in [0.25, 0.3) is 5.91 Å². The third-order valence-electron chi connectivity index (χ3n) is 5.63. The summed E-state index contributed by atoms with van der Waals surface area (Å²) in [5, 5.41) is 5.73. The van der Waals surface area contributed by atoms with Gasteiger partial charge in [0.1, 0.15) is 5.75 Å². The molecular weight excluding hydrogens is 416 g/mol. The number of amides is 3. The Labute approximate surface area is 198 Å². The van der Waals surface area contributed by atoms with E-state index in [1.807, 2.05) is 55.9 Å². The highest BCUT2D eigenvalue weighted by molar-refractivity contribution is 5.95. The van der Waals surface area contributed by atoms with Gasteiger partial charge in [0, 0.05) is 49.7 Å². The van der Waals surface area contributed by atoms with E-state index in [1.165, 1.54) is 0 Å². The van der Waals surface area contributed by atoms with Crippen molar-refractivity contribution in [2.45, 2.75) is 53.2 Å². The molecular formula is C26H38N4O3. The van der Waals surface area contributed by atoms with Gasteiger partial charge in [-0.3, -0.25) is 4.79 Å². The first-order valence-electron chi connectivity index (χ1n) is 11.4. The molecule has 1 unspecified atom stereocenters. The zero-order valence-electron chi connectivity index (χ0n) is 21.1. The minimum atomic E-state index is -0.254. The maximum atomic E-state index is 13.6. The van der Waals surface area contributed by atoms with E-state index in [4.69, 9.17) is 4.74 Å². The van der Waals surface area contributed by atoms with Crippen LogP contribution in [0.15, 0.2) is 42.5 Å². The van der Waals surface area contributed by atoms with Crippen LogP contribution in [0.5, 0.6) is 5.75 Å². The molecule has 2 rings (SSSR count). The van der Waals surface area contributed by atoms with Crippen LogP contribution in [0.25, 0.3) is 0 Å². The quantitative estimate of drug-likeness (QED) is 0.561. The van der Waals surface area contributed by atoms with Crippen LogP contribution in [0.4, 0.5) is 16.2 Å². The van der Waals surface area contributed by atoms with Crippen molar-refractivity contribution < 1.29 is 14.3 Å². The lowest BCUT2D eigenvalue weighted by Gasteiger charge is -2.33. The van der Waals surface area contributed by atoms with E-state index in [-0.39, 0.29) is 29.9 Å². The Morgan fingerprint density at radius 1 is 0.970 bits per heavy atom. The van der Waals surface area contributed by atoms with Gasteiger partial charge in [0.05, 0.1) is 7.11 Å². The van der Waals surface area contributed by atoms with Crippen molar-refractivity contribution in [1.29, 1.82) is 0 Å². The Morgan fingerprint density at radius 2 is 1.61 bits per heavy atom. The van der Waals surface area contributed by atoms with E-state index in [0.717, 1.165) is 11.3 Å². The summed E-state index contributed by atoms with van der Waals surface area (Å²) in [4.78, 5) is 29.7. The Kier molecular flexibility index (Phi) is 9.14. The topological polar surface area (TPSA) is 73.9 Å². The number of hydrogen-bond donors (Lipinski definition) is 2. The first-order valence-corrected chi connectivity index (χ1v) is 11.4. The maximum Gasteiger partial charge on any atom is 0.319 e. The highest BCUT2D eigenvalue weighted by Gasteiger charge is 2.25. The average Bonchev–Trinajstić information content (AvgIpc) is 2.75. The van der Waals surface area contributed by atoms with Gasteiger partial charge in [-0.15, -0.1) is 0 Å². The Bertz CT molecular complexity index is 939. The zero-order valence-corrected chi connectivity index (χ0v) is 21.1. The molecule has 7 nitrogen and oxygen atoms in total. The summed E-state index contributed by atoms with van der Waals surface area (Å²) < 4.78 is 5.23. The second kappa shape index (κ2) is 11.6. The summed E-state index contributed by atoms with van der Waals surface area (Å²) in [6, 6.07) is 12.8. The summed E-state index contributed by atoms with van der Waals surface area (Å²) in [5.41, 5.74) is 3.24. The Balaban J connectivity index is 2.41. The van der Waals surface area contributed by atoms with Crippen molar-refractivity contribution in [3.8, 4) is 5.75 Å². The van der Waals surface area contributed by atoms with Gasteiger partial charge in [-0.1, -0.05) is 13.8 Å².